The zero-order valence-corrected chi connectivity index (χ0v) is 17.3. The third-order valence-corrected chi connectivity index (χ3v) is 8.33. The summed E-state index contributed by atoms with van der Waals surface area (Å²) in [5, 5.41) is 0.846. The van der Waals surface area contributed by atoms with E-state index in [1.165, 1.54) is 32.9 Å². The first-order valence-corrected chi connectivity index (χ1v) is 12.3. The van der Waals surface area contributed by atoms with E-state index >= 15 is 0 Å². The van der Waals surface area contributed by atoms with E-state index < -0.39 is 20.0 Å². The highest BCUT2D eigenvalue weighted by Crippen LogP contribution is 2.30. The Hall–Kier alpha value is -2.27. The van der Waals surface area contributed by atoms with Gasteiger partial charge < -0.3 is 4.98 Å². The van der Waals surface area contributed by atoms with Crippen molar-refractivity contribution in [2.24, 2.45) is 0 Å². The van der Waals surface area contributed by atoms with E-state index in [1.54, 1.807) is 24.4 Å². The van der Waals surface area contributed by atoms with Gasteiger partial charge >= 0.3 is 0 Å². The summed E-state index contributed by atoms with van der Waals surface area (Å²) in [5.41, 5.74) is 2.33. The second kappa shape index (κ2) is 7.21. The van der Waals surface area contributed by atoms with Crippen LogP contribution in [0.4, 0.5) is 4.39 Å². The number of rotatable bonds is 4. The van der Waals surface area contributed by atoms with Gasteiger partial charge in [0.1, 0.15) is 5.82 Å². The Morgan fingerprint density at radius 2 is 1.52 bits per heavy atom. The summed E-state index contributed by atoms with van der Waals surface area (Å²) in [7, 11) is -7.04. The van der Waals surface area contributed by atoms with E-state index in [-0.39, 0.29) is 36.9 Å². The minimum absolute atomic E-state index is 0.116. The van der Waals surface area contributed by atoms with Gasteiger partial charge in [-0.25, -0.2) is 21.2 Å². The summed E-state index contributed by atoms with van der Waals surface area (Å²) in [6, 6.07) is 11.0. The lowest BCUT2D eigenvalue weighted by Gasteiger charge is -2.32. The number of fused-ring (bicyclic) bond motifs is 1. The molecule has 1 saturated heterocycles. The minimum Gasteiger partial charge on any atom is -0.360 e. The first kappa shape index (κ1) is 20.0. The standard InChI is InChI=1S/C19H20FN3O4S2/c1-28(24,25)22-8-10-23(11-9-22)29(26,27)16-5-2-14(3-6-16)18-13-21-19-12-15(20)4-7-17(18)19/h2-7,12-13,21H,8-11H2,1H3. The third kappa shape index (κ3) is 3.80. The topological polar surface area (TPSA) is 90.6 Å². The predicted molar refractivity (Wildman–Crippen MR) is 109 cm³/mol. The van der Waals surface area contributed by atoms with Crippen LogP contribution in [-0.2, 0) is 20.0 Å². The first-order valence-electron chi connectivity index (χ1n) is 8.98. The minimum atomic E-state index is -3.71. The largest absolute Gasteiger partial charge is 0.360 e. The molecule has 0 spiro atoms. The van der Waals surface area contributed by atoms with Crippen molar-refractivity contribution in [3.63, 3.8) is 0 Å². The lowest BCUT2D eigenvalue weighted by molar-refractivity contribution is 0.274. The van der Waals surface area contributed by atoms with Crippen LogP contribution in [0.1, 0.15) is 0 Å². The van der Waals surface area contributed by atoms with Crippen molar-refractivity contribution >= 4 is 30.9 Å². The molecule has 0 bridgehead atoms. The van der Waals surface area contributed by atoms with E-state index in [4.69, 9.17) is 0 Å². The van der Waals surface area contributed by atoms with Crippen molar-refractivity contribution in [2.75, 3.05) is 32.4 Å². The number of nitrogens with one attached hydrogen (secondary N) is 1. The highest BCUT2D eigenvalue weighted by atomic mass is 32.2. The van der Waals surface area contributed by atoms with Gasteiger partial charge in [0.05, 0.1) is 11.2 Å². The number of hydrogen-bond acceptors (Lipinski definition) is 4. The molecule has 2 aromatic carbocycles. The van der Waals surface area contributed by atoms with Gasteiger partial charge in [-0.05, 0) is 35.9 Å². The molecule has 3 aromatic rings. The number of aromatic amines is 1. The van der Waals surface area contributed by atoms with Gasteiger partial charge in [-0.3, -0.25) is 0 Å². The van der Waals surface area contributed by atoms with Crippen molar-refractivity contribution in [1.29, 1.82) is 0 Å². The van der Waals surface area contributed by atoms with Gasteiger partial charge in [0.25, 0.3) is 0 Å². The predicted octanol–water partition coefficient (Wildman–Crippen LogP) is 2.24. The molecule has 1 fully saturated rings. The van der Waals surface area contributed by atoms with Gasteiger partial charge in [-0.2, -0.15) is 8.61 Å². The molecule has 0 aliphatic carbocycles. The normalized spacial score (nSPS) is 17.0. The second-order valence-electron chi connectivity index (χ2n) is 6.98. The maximum absolute atomic E-state index is 13.4. The van der Waals surface area contributed by atoms with Gasteiger partial charge in [0, 0.05) is 48.8 Å². The smallest absolute Gasteiger partial charge is 0.243 e. The molecule has 7 nitrogen and oxygen atoms in total. The fraction of sp³-hybridized carbons (Fsp3) is 0.263. The van der Waals surface area contributed by atoms with Gasteiger partial charge in [-0.1, -0.05) is 12.1 Å². The van der Waals surface area contributed by atoms with Crippen LogP contribution in [0.5, 0.6) is 0 Å². The lowest BCUT2D eigenvalue weighted by Crippen LogP contribution is -2.50. The molecule has 29 heavy (non-hydrogen) atoms. The molecule has 0 amide bonds. The van der Waals surface area contributed by atoms with E-state index in [0.717, 1.165) is 22.8 Å². The Morgan fingerprint density at radius 3 is 2.14 bits per heavy atom. The van der Waals surface area contributed by atoms with Crippen LogP contribution in [0.15, 0.2) is 53.6 Å². The van der Waals surface area contributed by atoms with Crippen molar-refractivity contribution in [2.45, 2.75) is 4.90 Å². The van der Waals surface area contributed by atoms with Crippen LogP contribution >= 0.6 is 0 Å². The third-order valence-electron chi connectivity index (χ3n) is 5.11. The second-order valence-corrected chi connectivity index (χ2v) is 10.9. The molecule has 0 saturated carbocycles. The average molecular weight is 438 g/mol. The van der Waals surface area contributed by atoms with Gasteiger partial charge in [0.15, 0.2) is 0 Å². The van der Waals surface area contributed by atoms with Gasteiger partial charge in [-0.15, -0.1) is 0 Å². The van der Waals surface area contributed by atoms with Crippen LogP contribution < -0.4 is 0 Å². The van der Waals surface area contributed by atoms with E-state index in [1.807, 2.05) is 0 Å². The van der Waals surface area contributed by atoms with Crippen LogP contribution in [0, 0.1) is 5.82 Å². The Bertz CT molecular complexity index is 1260. The maximum Gasteiger partial charge on any atom is 0.243 e. The summed E-state index contributed by atoms with van der Waals surface area (Å²) in [5.74, 6) is -0.330. The van der Waals surface area contributed by atoms with Crippen LogP contribution in [0.3, 0.4) is 0 Å². The number of H-pyrrole nitrogens is 1. The van der Waals surface area contributed by atoms with Crippen molar-refractivity contribution < 1.29 is 21.2 Å². The number of nitrogens with zero attached hydrogens (tertiary/aromatic N) is 2. The Kier molecular flexibility index (Phi) is 4.97. The number of hydrogen-bond donors (Lipinski definition) is 1. The first-order chi connectivity index (χ1) is 13.7. The molecule has 4 rings (SSSR count). The highest BCUT2D eigenvalue weighted by Gasteiger charge is 2.31. The number of benzene rings is 2. The molecule has 1 aromatic heterocycles. The van der Waals surface area contributed by atoms with Gasteiger partial charge in [0.2, 0.25) is 20.0 Å². The van der Waals surface area contributed by atoms with Crippen LogP contribution in [-0.4, -0.2) is 62.9 Å². The molecule has 1 N–H and O–H groups in total. The Morgan fingerprint density at radius 1 is 0.897 bits per heavy atom. The molecule has 0 atom stereocenters. The number of sulfonamides is 2. The van der Waals surface area contributed by atoms with Crippen molar-refractivity contribution in [3.8, 4) is 11.1 Å². The SMILES string of the molecule is CS(=O)(=O)N1CCN(S(=O)(=O)c2ccc(-c3c[nH]c4cc(F)ccc34)cc2)CC1. The van der Waals surface area contributed by atoms with Crippen molar-refractivity contribution in [3.05, 3.63) is 54.5 Å². The molecule has 1 aliphatic rings. The number of piperazine rings is 1. The van der Waals surface area contributed by atoms with E-state index in [9.17, 15) is 21.2 Å². The van der Waals surface area contributed by atoms with Crippen LogP contribution in [0.25, 0.3) is 22.0 Å². The molecule has 2 heterocycles. The molecule has 154 valence electrons. The summed E-state index contributed by atoms with van der Waals surface area (Å²) in [6.07, 6.45) is 2.88. The fourth-order valence-electron chi connectivity index (χ4n) is 3.53. The zero-order chi connectivity index (χ0) is 20.8. The maximum atomic E-state index is 13.4. The van der Waals surface area contributed by atoms with E-state index in [0.29, 0.717) is 5.52 Å². The molecule has 1 aliphatic heterocycles. The molecule has 10 heteroatoms. The quantitative estimate of drug-likeness (QED) is 0.678. The fourth-order valence-corrected chi connectivity index (χ4v) is 5.78. The Labute approximate surface area is 168 Å². The molecular weight excluding hydrogens is 417 g/mol. The average Bonchev–Trinajstić information content (AvgIpc) is 3.10. The number of halogens is 1. The monoisotopic (exact) mass is 437 g/mol. The summed E-state index contributed by atoms with van der Waals surface area (Å²) in [6.45, 7) is 0.514. The molecule has 0 radical (unpaired) electrons. The summed E-state index contributed by atoms with van der Waals surface area (Å²) in [4.78, 5) is 3.17. The Balaban J connectivity index is 1.57. The molecule has 0 unspecified atom stereocenters. The number of aromatic nitrogens is 1. The zero-order valence-electron chi connectivity index (χ0n) is 15.7. The summed E-state index contributed by atoms with van der Waals surface area (Å²) >= 11 is 0. The van der Waals surface area contributed by atoms with Crippen LogP contribution in [0.2, 0.25) is 0 Å². The summed E-state index contributed by atoms with van der Waals surface area (Å²) < 4.78 is 65.0. The van der Waals surface area contributed by atoms with Crippen molar-refractivity contribution in [1.82, 2.24) is 13.6 Å². The molecular formula is C19H20FN3O4S2. The van der Waals surface area contributed by atoms with E-state index in [2.05, 4.69) is 4.98 Å². The lowest BCUT2D eigenvalue weighted by atomic mass is 10.1. The highest BCUT2D eigenvalue weighted by molar-refractivity contribution is 7.89.